The van der Waals surface area contributed by atoms with Gasteiger partial charge in [0.15, 0.2) is 0 Å². The highest BCUT2D eigenvalue weighted by Gasteiger charge is 2.11. The maximum atomic E-state index is 6.04. The Morgan fingerprint density at radius 3 is 2.68 bits per heavy atom. The van der Waals surface area contributed by atoms with Crippen molar-refractivity contribution in [2.75, 3.05) is 0 Å². The molecule has 0 aliphatic carbocycles. The van der Waals surface area contributed by atoms with Crippen molar-refractivity contribution >= 4 is 23.2 Å². The van der Waals surface area contributed by atoms with E-state index in [0.29, 0.717) is 22.5 Å². The Bertz CT molecular complexity index is 554. The first kappa shape index (κ1) is 14.4. The van der Waals surface area contributed by atoms with Crippen molar-refractivity contribution in [1.82, 2.24) is 10.3 Å². The number of nitrogens with one attached hydrogen (secondary N) is 1. The van der Waals surface area contributed by atoms with Crippen molar-refractivity contribution in [2.24, 2.45) is 0 Å². The van der Waals surface area contributed by atoms with Gasteiger partial charge in [-0.2, -0.15) is 0 Å². The van der Waals surface area contributed by atoms with E-state index in [9.17, 15) is 0 Å². The molecule has 1 unspecified atom stereocenters. The molecule has 1 aromatic heterocycles. The molecular weight excluding hydrogens is 283 g/mol. The van der Waals surface area contributed by atoms with E-state index in [1.807, 2.05) is 25.1 Å². The van der Waals surface area contributed by atoms with E-state index in [1.54, 1.807) is 6.20 Å². The molecule has 0 radical (unpaired) electrons. The molecule has 0 saturated carbocycles. The molecule has 0 aliphatic heterocycles. The molecule has 2 rings (SSSR count). The standard InChI is InChI=1S/C14H16Cl2N2O/c1-3-13(10-4-5-11(15)12(16)6-10)17-8-14-18-7-9(2)19-14/h4-7,13,17H,3,8H2,1-2H3. The van der Waals surface area contributed by atoms with Crippen LogP contribution in [0.5, 0.6) is 0 Å². The number of aromatic nitrogens is 1. The van der Waals surface area contributed by atoms with Crippen LogP contribution in [0.25, 0.3) is 0 Å². The Balaban J connectivity index is 2.05. The average molecular weight is 299 g/mol. The van der Waals surface area contributed by atoms with Crippen LogP contribution in [-0.2, 0) is 6.54 Å². The van der Waals surface area contributed by atoms with Gasteiger partial charge < -0.3 is 9.73 Å². The maximum absolute atomic E-state index is 6.04. The van der Waals surface area contributed by atoms with E-state index in [2.05, 4.69) is 17.2 Å². The third-order valence-electron chi connectivity index (χ3n) is 2.92. The highest BCUT2D eigenvalue weighted by molar-refractivity contribution is 6.42. The molecule has 0 fully saturated rings. The van der Waals surface area contributed by atoms with Crippen molar-refractivity contribution in [3.63, 3.8) is 0 Å². The van der Waals surface area contributed by atoms with Gasteiger partial charge in [-0.05, 0) is 31.0 Å². The fourth-order valence-electron chi connectivity index (χ4n) is 1.92. The van der Waals surface area contributed by atoms with Crippen molar-refractivity contribution in [2.45, 2.75) is 32.9 Å². The molecule has 3 nitrogen and oxygen atoms in total. The topological polar surface area (TPSA) is 38.1 Å². The number of nitrogens with zero attached hydrogens (tertiary/aromatic N) is 1. The van der Waals surface area contributed by atoms with Crippen LogP contribution in [0, 0.1) is 6.92 Å². The molecule has 0 bridgehead atoms. The molecule has 1 atom stereocenters. The molecule has 0 saturated heterocycles. The van der Waals surface area contributed by atoms with Crippen LogP contribution in [0.4, 0.5) is 0 Å². The van der Waals surface area contributed by atoms with Crippen molar-refractivity contribution in [1.29, 1.82) is 0 Å². The third kappa shape index (κ3) is 3.72. The average Bonchev–Trinajstić information content (AvgIpc) is 2.80. The summed E-state index contributed by atoms with van der Waals surface area (Å²) in [5.74, 6) is 1.51. The molecule has 102 valence electrons. The Morgan fingerprint density at radius 2 is 2.11 bits per heavy atom. The van der Waals surface area contributed by atoms with Gasteiger partial charge in [0.1, 0.15) is 5.76 Å². The summed E-state index contributed by atoms with van der Waals surface area (Å²) < 4.78 is 5.44. The van der Waals surface area contributed by atoms with Gasteiger partial charge in [-0.1, -0.05) is 36.2 Å². The summed E-state index contributed by atoms with van der Waals surface area (Å²) in [6, 6.07) is 5.89. The van der Waals surface area contributed by atoms with E-state index in [0.717, 1.165) is 17.7 Å². The zero-order valence-corrected chi connectivity index (χ0v) is 12.4. The summed E-state index contributed by atoms with van der Waals surface area (Å²) in [4.78, 5) is 4.17. The molecule has 1 aromatic carbocycles. The van der Waals surface area contributed by atoms with E-state index in [1.165, 1.54) is 0 Å². The zero-order valence-electron chi connectivity index (χ0n) is 10.9. The van der Waals surface area contributed by atoms with Crippen LogP contribution in [0.1, 0.15) is 36.6 Å². The lowest BCUT2D eigenvalue weighted by molar-refractivity contribution is 0.420. The fraction of sp³-hybridized carbons (Fsp3) is 0.357. The molecule has 1 heterocycles. The predicted molar refractivity (Wildman–Crippen MR) is 77.6 cm³/mol. The number of hydrogen-bond acceptors (Lipinski definition) is 3. The second kappa shape index (κ2) is 6.42. The van der Waals surface area contributed by atoms with E-state index < -0.39 is 0 Å². The maximum Gasteiger partial charge on any atom is 0.208 e. The third-order valence-corrected chi connectivity index (χ3v) is 3.66. The van der Waals surface area contributed by atoms with Crippen LogP contribution in [0.15, 0.2) is 28.8 Å². The largest absolute Gasteiger partial charge is 0.445 e. The predicted octanol–water partition coefficient (Wildman–Crippen LogP) is 4.53. The lowest BCUT2D eigenvalue weighted by atomic mass is 10.0. The quantitative estimate of drug-likeness (QED) is 0.881. The van der Waals surface area contributed by atoms with Crippen molar-refractivity contribution in [3.8, 4) is 0 Å². The van der Waals surface area contributed by atoms with Gasteiger partial charge in [-0.15, -0.1) is 0 Å². The summed E-state index contributed by atoms with van der Waals surface area (Å²) in [6.45, 7) is 4.58. The van der Waals surface area contributed by atoms with E-state index >= 15 is 0 Å². The normalized spacial score (nSPS) is 12.6. The second-order valence-electron chi connectivity index (χ2n) is 4.38. The Hall–Kier alpha value is -1.03. The van der Waals surface area contributed by atoms with Crippen LogP contribution in [0.2, 0.25) is 10.0 Å². The molecule has 0 amide bonds. The Morgan fingerprint density at radius 1 is 1.32 bits per heavy atom. The zero-order chi connectivity index (χ0) is 13.8. The fourth-order valence-corrected chi connectivity index (χ4v) is 2.23. The van der Waals surface area contributed by atoms with Gasteiger partial charge in [0.2, 0.25) is 5.89 Å². The summed E-state index contributed by atoms with van der Waals surface area (Å²) in [5.41, 5.74) is 1.11. The first-order valence-corrected chi connectivity index (χ1v) is 6.95. The van der Waals surface area contributed by atoms with Crippen LogP contribution < -0.4 is 5.32 Å². The summed E-state index contributed by atoms with van der Waals surface area (Å²) in [5, 5.41) is 4.55. The number of rotatable bonds is 5. The first-order valence-electron chi connectivity index (χ1n) is 6.19. The molecule has 1 N–H and O–H groups in total. The van der Waals surface area contributed by atoms with E-state index in [-0.39, 0.29) is 6.04 Å². The Labute approximate surface area is 122 Å². The number of oxazole rings is 1. The molecule has 0 spiro atoms. The smallest absolute Gasteiger partial charge is 0.208 e. The molecule has 5 heteroatoms. The highest BCUT2D eigenvalue weighted by atomic mass is 35.5. The van der Waals surface area contributed by atoms with Crippen LogP contribution in [-0.4, -0.2) is 4.98 Å². The minimum atomic E-state index is 0.196. The van der Waals surface area contributed by atoms with Gasteiger partial charge in [0.05, 0.1) is 22.8 Å². The number of benzene rings is 1. The SMILES string of the molecule is CCC(NCc1ncc(C)o1)c1ccc(Cl)c(Cl)c1. The monoisotopic (exact) mass is 298 g/mol. The molecule has 2 aromatic rings. The second-order valence-corrected chi connectivity index (χ2v) is 5.19. The van der Waals surface area contributed by atoms with Gasteiger partial charge in [0, 0.05) is 6.04 Å². The van der Waals surface area contributed by atoms with Gasteiger partial charge in [-0.25, -0.2) is 4.98 Å². The summed E-state index contributed by atoms with van der Waals surface area (Å²) in [7, 11) is 0. The van der Waals surface area contributed by atoms with Crippen molar-refractivity contribution in [3.05, 3.63) is 51.7 Å². The van der Waals surface area contributed by atoms with Gasteiger partial charge in [-0.3, -0.25) is 0 Å². The van der Waals surface area contributed by atoms with Crippen LogP contribution >= 0.6 is 23.2 Å². The van der Waals surface area contributed by atoms with Crippen molar-refractivity contribution < 1.29 is 4.42 Å². The van der Waals surface area contributed by atoms with E-state index in [4.69, 9.17) is 27.6 Å². The number of halogens is 2. The minimum absolute atomic E-state index is 0.196. The first-order chi connectivity index (χ1) is 9.10. The lowest BCUT2D eigenvalue weighted by Crippen LogP contribution is -2.20. The minimum Gasteiger partial charge on any atom is -0.445 e. The molecular formula is C14H16Cl2N2O. The summed E-state index contributed by atoms with van der Waals surface area (Å²) in [6.07, 6.45) is 2.66. The molecule has 0 aliphatic rings. The van der Waals surface area contributed by atoms with Crippen LogP contribution in [0.3, 0.4) is 0 Å². The number of hydrogen-bond donors (Lipinski definition) is 1. The summed E-state index contributed by atoms with van der Waals surface area (Å²) >= 11 is 12.0. The van der Waals surface area contributed by atoms with Gasteiger partial charge in [0.25, 0.3) is 0 Å². The molecule has 19 heavy (non-hydrogen) atoms. The lowest BCUT2D eigenvalue weighted by Gasteiger charge is -2.17. The van der Waals surface area contributed by atoms with Gasteiger partial charge >= 0.3 is 0 Å². The number of aryl methyl sites for hydroxylation is 1. The Kier molecular flexibility index (Phi) is 4.86. The highest BCUT2D eigenvalue weighted by Crippen LogP contribution is 2.27.